The molecule has 0 saturated carbocycles. The van der Waals surface area contributed by atoms with Crippen molar-refractivity contribution in [1.82, 2.24) is 4.98 Å². The van der Waals surface area contributed by atoms with Gasteiger partial charge in [-0.1, -0.05) is 31.2 Å². The van der Waals surface area contributed by atoms with Crippen molar-refractivity contribution in [2.75, 3.05) is 0 Å². The van der Waals surface area contributed by atoms with Crippen LogP contribution in [0.15, 0.2) is 36.4 Å². The van der Waals surface area contributed by atoms with E-state index in [9.17, 15) is 4.79 Å². The van der Waals surface area contributed by atoms with Crippen LogP contribution in [-0.4, -0.2) is 10.8 Å². The lowest BCUT2D eigenvalue weighted by atomic mass is 10.0. The monoisotopic (exact) mass is 239 g/mol. The molecule has 1 heterocycles. The molecule has 1 aromatic heterocycles. The van der Waals surface area contributed by atoms with Gasteiger partial charge in [-0.25, -0.2) is 0 Å². The van der Waals surface area contributed by atoms with E-state index in [1.807, 2.05) is 50.2 Å². The zero-order valence-electron chi connectivity index (χ0n) is 11.0. The normalized spacial score (nSPS) is 10.4. The summed E-state index contributed by atoms with van der Waals surface area (Å²) in [6.07, 6.45) is 0.986. The van der Waals surface area contributed by atoms with Crippen LogP contribution in [0.3, 0.4) is 0 Å². The van der Waals surface area contributed by atoms with Gasteiger partial charge in [-0.2, -0.15) is 0 Å². The van der Waals surface area contributed by atoms with E-state index in [0.717, 1.165) is 23.4 Å². The first-order valence-corrected chi connectivity index (χ1v) is 6.19. The van der Waals surface area contributed by atoms with Crippen molar-refractivity contribution in [2.45, 2.75) is 27.2 Å². The SMILES string of the molecule is CCc1ccc(C(=O)c2ccc(C)nc2C)cc1. The summed E-state index contributed by atoms with van der Waals surface area (Å²) in [6.45, 7) is 5.91. The Morgan fingerprint density at radius 1 is 1.06 bits per heavy atom. The molecule has 0 saturated heterocycles. The summed E-state index contributed by atoms with van der Waals surface area (Å²) in [5.74, 6) is 0.0441. The first-order chi connectivity index (χ1) is 8.61. The molecule has 0 aliphatic carbocycles. The molecule has 0 radical (unpaired) electrons. The number of carbonyl (C=O) groups is 1. The first-order valence-electron chi connectivity index (χ1n) is 6.19. The molecule has 0 fully saturated rings. The van der Waals surface area contributed by atoms with E-state index in [1.54, 1.807) is 0 Å². The molecule has 0 unspecified atom stereocenters. The number of aromatic nitrogens is 1. The summed E-state index contributed by atoms with van der Waals surface area (Å²) >= 11 is 0. The van der Waals surface area contributed by atoms with Crippen molar-refractivity contribution in [3.63, 3.8) is 0 Å². The lowest BCUT2D eigenvalue weighted by molar-refractivity contribution is 0.103. The number of hydrogen-bond acceptors (Lipinski definition) is 2. The number of benzene rings is 1. The van der Waals surface area contributed by atoms with Crippen LogP contribution in [-0.2, 0) is 6.42 Å². The van der Waals surface area contributed by atoms with Gasteiger partial charge in [0.2, 0.25) is 0 Å². The van der Waals surface area contributed by atoms with E-state index in [2.05, 4.69) is 11.9 Å². The summed E-state index contributed by atoms with van der Waals surface area (Å²) in [5, 5.41) is 0. The zero-order valence-corrected chi connectivity index (χ0v) is 11.0. The van der Waals surface area contributed by atoms with Crippen molar-refractivity contribution in [3.8, 4) is 0 Å². The highest BCUT2D eigenvalue weighted by Crippen LogP contribution is 2.14. The van der Waals surface area contributed by atoms with Crippen LogP contribution in [0, 0.1) is 13.8 Å². The minimum absolute atomic E-state index is 0.0441. The molecule has 2 nitrogen and oxygen atoms in total. The molecule has 0 amide bonds. The maximum absolute atomic E-state index is 12.3. The van der Waals surface area contributed by atoms with Gasteiger partial charge in [0.05, 0.1) is 0 Å². The molecule has 0 bridgehead atoms. The molecule has 0 N–H and O–H groups in total. The first kappa shape index (κ1) is 12.5. The van der Waals surface area contributed by atoms with Gasteiger partial charge in [-0.3, -0.25) is 9.78 Å². The second-order valence-corrected chi connectivity index (χ2v) is 4.47. The van der Waals surface area contributed by atoms with Crippen molar-refractivity contribution in [3.05, 3.63) is 64.5 Å². The number of carbonyl (C=O) groups excluding carboxylic acids is 1. The zero-order chi connectivity index (χ0) is 13.1. The molecular weight excluding hydrogens is 222 g/mol. The smallest absolute Gasteiger partial charge is 0.194 e. The van der Waals surface area contributed by atoms with Gasteiger partial charge in [-0.05, 0) is 38.0 Å². The molecule has 92 valence electrons. The number of hydrogen-bond donors (Lipinski definition) is 0. The molecule has 0 spiro atoms. The minimum Gasteiger partial charge on any atom is -0.289 e. The minimum atomic E-state index is 0.0441. The Labute approximate surface area is 108 Å². The standard InChI is InChI=1S/C16H17NO/c1-4-13-6-8-14(9-7-13)16(18)15-10-5-11(2)17-12(15)3/h5-10H,4H2,1-3H3. The maximum Gasteiger partial charge on any atom is 0.194 e. The summed E-state index contributed by atoms with van der Waals surface area (Å²) in [5.41, 5.74) is 4.38. The van der Waals surface area contributed by atoms with Crippen LogP contribution in [0.1, 0.15) is 39.8 Å². The molecule has 0 aliphatic rings. The van der Waals surface area contributed by atoms with Crippen LogP contribution in [0.5, 0.6) is 0 Å². The van der Waals surface area contributed by atoms with E-state index < -0.39 is 0 Å². The Balaban J connectivity index is 2.35. The predicted molar refractivity (Wildman–Crippen MR) is 73.0 cm³/mol. The van der Waals surface area contributed by atoms with Gasteiger partial charge in [0.1, 0.15) is 0 Å². The Hall–Kier alpha value is -1.96. The maximum atomic E-state index is 12.3. The van der Waals surface area contributed by atoms with Gasteiger partial charge in [0, 0.05) is 22.5 Å². The quantitative estimate of drug-likeness (QED) is 0.767. The number of rotatable bonds is 3. The van der Waals surface area contributed by atoms with Crippen LogP contribution in [0.2, 0.25) is 0 Å². The van der Waals surface area contributed by atoms with Crippen molar-refractivity contribution < 1.29 is 4.79 Å². The molecule has 0 atom stereocenters. The average Bonchev–Trinajstić information content (AvgIpc) is 2.38. The number of aryl methyl sites for hydroxylation is 3. The Kier molecular flexibility index (Phi) is 3.56. The Morgan fingerprint density at radius 3 is 2.28 bits per heavy atom. The van der Waals surface area contributed by atoms with Gasteiger partial charge < -0.3 is 0 Å². The number of pyridine rings is 1. The highest BCUT2D eigenvalue weighted by molar-refractivity contribution is 6.09. The number of nitrogens with zero attached hydrogens (tertiary/aromatic N) is 1. The summed E-state index contributed by atoms with van der Waals surface area (Å²) in [4.78, 5) is 16.7. The average molecular weight is 239 g/mol. The molecule has 1 aromatic carbocycles. The second-order valence-electron chi connectivity index (χ2n) is 4.47. The van der Waals surface area contributed by atoms with Crippen molar-refractivity contribution in [2.24, 2.45) is 0 Å². The summed E-state index contributed by atoms with van der Waals surface area (Å²) in [7, 11) is 0. The van der Waals surface area contributed by atoms with Crippen LogP contribution in [0.4, 0.5) is 0 Å². The molecule has 0 aliphatic heterocycles. The van der Waals surface area contributed by atoms with Crippen LogP contribution >= 0.6 is 0 Å². The molecular formula is C16H17NO. The molecule has 2 rings (SSSR count). The Morgan fingerprint density at radius 2 is 1.72 bits per heavy atom. The highest BCUT2D eigenvalue weighted by Gasteiger charge is 2.12. The van der Waals surface area contributed by atoms with E-state index in [0.29, 0.717) is 5.56 Å². The Bertz CT molecular complexity index is 570. The summed E-state index contributed by atoms with van der Waals surface area (Å²) in [6, 6.07) is 11.5. The van der Waals surface area contributed by atoms with Crippen molar-refractivity contribution in [1.29, 1.82) is 0 Å². The van der Waals surface area contributed by atoms with E-state index in [4.69, 9.17) is 0 Å². The van der Waals surface area contributed by atoms with E-state index >= 15 is 0 Å². The fraction of sp³-hybridized carbons (Fsp3) is 0.250. The topological polar surface area (TPSA) is 30.0 Å². The lowest BCUT2D eigenvalue weighted by Crippen LogP contribution is -2.05. The van der Waals surface area contributed by atoms with Gasteiger partial charge in [0.15, 0.2) is 5.78 Å². The fourth-order valence-electron chi connectivity index (χ4n) is 1.97. The second kappa shape index (κ2) is 5.13. The third-order valence-electron chi connectivity index (χ3n) is 3.09. The molecule has 2 aromatic rings. The largest absolute Gasteiger partial charge is 0.289 e. The fourth-order valence-corrected chi connectivity index (χ4v) is 1.97. The third kappa shape index (κ3) is 2.48. The highest BCUT2D eigenvalue weighted by atomic mass is 16.1. The van der Waals surface area contributed by atoms with Gasteiger partial charge in [0.25, 0.3) is 0 Å². The van der Waals surface area contributed by atoms with Gasteiger partial charge in [-0.15, -0.1) is 0 Å². The number of ketones is 1. The molecule has 2 heteroatoms. The van der Waals surface area contributed by atoms with Gasteiger partial charge >= 0.3 is 0 Å². The molecule has 18 heavy (non-hydrogen) atoms. The predicted octanol–water partition coefficient (Wildman–Crippen LogP) is 3.49. The third-order valence-corrected chi connectivity index (χ3v) is 3.09. The van der Waals surface area contributed by atoms with Crippen LogP contribution in [0.25, 0.3) is 0 Å². The van der Waals surface area contributed by atoms with E-state index in [1.165, 1.54) is 5.56 Å². The van der Waals surface area contributed by atoms with E-state index in [-0.39, 0.29) is 5.78 Å². The van der Waals surface area contributed by atoms with Crippen LogP contribution < -0.4 is 0 Å². The van der Waals surface area contributed by atoms with Crippen molar-refractivity contribution >= 4 is 5.78 Å². The lowest BCUT2D eigenvalue weighted by Gasteiger charge is -2.06. The summed E-state index contributed by atoms with van der Waals surface area (Å²) < 4.78 is 0.